The zero-order valence-corrected chi connectivity index (χ0v) is 10.1. The van der Waals surface area contributed by atoms with Crippen LogP contribution < -0.4 is 5.32 Å². The normalized spacial score (nSPS) is 22.5. The Morgan fingerprint density at radius 2 is 2.56 bits per heavy atom. The maximum absolute atomic E-state index is 5.60. The molecule has 16 heavy (non-hydrogen) atoms. The Labute approximate surface area is 97.0 Å². The van der Waals surface area contributed by atoms with Gasteiger partial charge in [-0.2, -0.15) is 5.10 Å². The molecule has 0 radical (unpaired) electrons. The molecule has 1 fully saturated rings. The van der Waals surface area contributed by atoms with Gasteiger partial charge in [-0.3, -0.25) is 4.68 Å². The summed E-state index contributed by atoms with van der Waals surface area (Å²) in [5.41, 5.74) is 1.27. The molecule has 2 heterocycles. The van der Waals surface area contributed by atoms with Crippen LogP contribution in [0.25, 0.3) is 0 Å². The molecule has 1 aliphatic rings. The van der Waals surface area contributed by atoms with Crippen LogP contribution >= 0.6 is 0 Å². The molecule has 0 bridgehead atoms. The summed E-state index contributed by atoms with van der Waals surface area (Å²) in [6, 6.07) is 0.415. The van der Waals surface area contributed by atoms with Crippen molar-refractivity contribution in [2.75, 3.05) is 13.7 Å². The second-order valence-electron chi connectivity index (χ2n) is 4.38. The summed E-state index contributed by atoms with van der Waals surface area (Å²) in [4.78, 5) is 0. The highest BCUT2D eigenvalue weighted by atomic mass is 16.5. The zero-order valence-electron chi connectivity index (χ0n) is 10.1. The van der Waals surface area contributed by atoms with Crippen LogP contribution in [0.2, 0.25) is 0 Å². The average Bonchev–Trinajstić information content (AvgIpc) is 2.93. The van der Waals surface area contributed by atoms with Crippen molar-refractivity contribution < 1.29 is 4.74 Å². The summed E-state index contributed by atoms with van der Waals surface area (Å²) >= 11 is 0. The molecule has 0 aromatic carbocycles. The van der Waals surface area contributed by atoms with Gasteiger partial charge < -0.3 is 10.1 Å². The summed E-state index contributed by atoms with van der Waals surface area (Å²) in [6.45, 7) is 3.98. The topological polar surface area (TPSA) is 39.1 Å². The van der Waals surface area contributed by atoms with E-state index in [1.807, 2.05) is 17.9 Å². The van der Waals surface area contributed by atoms with E-state index < -0.39 is 0 Å². The molecule has 1 aromatic rings. The molecule has 1 saturated heterocycles. The molecule has 2 atom stereocenters. The number of hydrogen-bond donors (Lipinski definition) is 1. The van der Waals surface area contributed by atoms with Crippen LogP contribution in [0.15, 0.2) is 12.4 Å². The molecule has 90 valence electrons. The second-order valence-corrected chi connectivity index (χ2v) is 4.38. The van der Waals surface area contributed by atoms with Gasteiger partial charge in [0.25, 0.3) is 0 Å². The third-order valence-electron chi connectivity index (χ3n) is 3.23. The molecule has 2 rings (SSSR count). The summed E-state index contributed by atoms with van der Waals surface area (Å²) in [7, 11) is 1.99. The van der Waals surface area contributed by atoms with E-state index in [1.165, 1.54) is 18.4 Å². The Balaban J connectivity index is 1.95. The third kappa shape index (κ3) is 2.62. The minimum atomic E-state index is 0.363. The van der Waals surface area contributed by atoms with Gasteiger partial charge in [-0.15, -0.1) is 0 Å². The van der Waals surface area contributed by atoms with Gasteiger partial charge in [-0.1, -0.05) is 6.92 Å². The second kappa shape index (κ2) is 5.46. The van der Waals surface area contributed by atoms with Gasteiger partial charge in [0.2, 0.25) is 0 Å². The highest BCUT2D eigenvalue weighted by Crippen LogP contribution is 2.17. The molecule has 1 aliphatic heterocycles. The monoisotopic (exact) mass is 223 g/mol. The summed E-state index contributed by atoms with van der Waals surface area (Å²) in [6.07, 6.45) is 7.89. The van der Waals surface area contributed by atoms with E-state index >= 15 is 0 Å². The zero-order chi connectivity index (χ0) is 11.4. The van der Waals surface area contributed by atoms with Crippen molar-refractivity contribution in [1.82, 2.24) is 15.1 Å². The van der Waals surface area contributed by atoms with Crippen molar-refractivity contribution in [3.63, 3.8) is 0 Å². The molecule has 0 amide bonds. The first-order valence-electron chi connectivity index (χ1n) is 6.14. The summed E-state index contributed by atoms with van der Waals surface area (Å²) in [5, 5.41) is 7.68. The maximum atomic E-state index is 5.60. The molecule has 0 saturated carbocycles. The van der Waals surface area contributed by atoms with E-state index in [0.717, 1.165) is 19.6 Å². The van der Waals surface area contributed by atoms with Crippen LogP contribution in [-0.2, 0) is 11.3 Å². The van der Waals surface area contributed by atoms with Crippen LogP contribution in [0.3, 0.4) is 0 Å². The molecule has 4 nitrogen and oxygen atoms in total. The highest BCUT2D eigenvalue weighted by molar-refractivity contribution is 5.09. The van der Waals surface area contributed by atoms with Crippen LogP contribution in [0, 0.1) is 0 Å². The van der Waals surface area contributed by atoms with E-state index in [-0.39, 0.29) is 0 Å². The number of hydrogen-bond acceptors (Lipinski definition) is 3. The van der Waals surface area contributed by atoms with E-state index in [4.69, 9.17) is 4.74 Å². The van der Waals surface area contributed by atoms with Gasteiger partial charge in [0.05, 0.1) is 18.8 Å². The molecule has 0 aliphatic carbocycles. The Bertz CT molecular complexity index is 314. The average molecular weight is 223 g/mol. The van der Waals surface area contributed by atoms with E-state index in [1.54, 1.807) is 0 Å². The number of ether oxygens (including phenoxy) is 1. The Morgan fingerprint density at radius 3 is 3.19 bits per heavy atom. The molecular weight excluding hydrogens is 202 g/mol. The van der Waals surface area contributed by atoms with Gasteiger partial charge >= 0.3 is 0 Å². The van der Waals surface area contributed by atoms with Gasteiger partial charge in [0.1, 0.15) is 0 Å². The molecule has 1 N–H and O–H groups in total. The van der Waals surface area contributed by atoms with E-state index in [9.17, 15) is 0 Å². The van der Waals surface area contributed by atoms with Crippen molar-refractivity contribution in [2.24, 2.45) is 0 Å². The van der Waals surface area contributed by atoms with Crippen molar-refractivity contribution in [3.8, 4) is 0 Å². The minimum absolute atomic E-state index is 0.363. The highest BCUT2D eigenvalue weighted by Gasteiger charge is 2.17. The fourth-order valence-electron chi connectivity index (χ4n) is 2.26. The van der Waals surface area contributed by atoms with Gasteiger partial charge in [-0.05, 0) is 26.3 Å². The maximum Gasteiger partial charge on any atom is 0.0771 e. The van der Waals surface area contributed by atoms with Crippen molar-refractivity contribution in [1.29, 1.82) is 0 Å². The fraction of sp³-hybridized carbons (Fsp3) is 0.750. The summed E-state index contributed by atoms with van der Waals surface area (Å²) < 4.78 is 7.61. The Kier molecular flexibility index (Phi) is 3.96. The first-order chi connectivity index (χ1) is 7.83. The lowest BCUT2D eigenvalue weighted by molar-refractivity contribution is 0.0940. The molecule has 2 unspecified atom stereocenters. The molecular formula is C12H21N3O. The van der Waals surface area contributed by atoms with Crippen molar-refractivity contribution >= 4 is 0 Å². The SMILES string of the molecule is CCC(NC)c1cnn(CC2CCCO2)c1. The standard InChI is InChI=1S/C12H21N3O/c1-3-12(13-2)10-7-14-15(8-10)9-11-5-4-6-16-11/h7-8,11-13H,3-6,9H2,1-2H3. The predicted molar refractivity (Wildman–Crippen MR) is 63.3 cm³/mol. The quantitative estimate of drug-likeness (QED) is 0.826. The number of aromatic nitrogens is 2. The van der Waals surface area contributed by atoms with Gasteiger partial charge in [0, 0.05) is 24.4 Å². The molecule has 0 spiro atoms. The van der Waals surface area contributed by atoms with Crippen molar-refractivity contribution in [2.45, 2.75) is 44.9 Å². The first-order valence-corrected chi connectivity index (χ1v) is 6.14. The fourth-order valence-corrected chi connectivity index (χ4v) is 2.26. The van der Waals surface area contributed by atoms with Gasteiger partial charge in [0.15, 0.2) is 0 Å². The largest absolute Gasteiger partial charge is 0.376 e. The Morgan fingerprint density at radius 1 is 1.69 bits per heavy atom. The van der Waals surface area contributed by atoms with Crippen LogP contribution in [0.1, 0.15) is 37.8 Å². The van der Waals surface area contributed by atoms with Crippen LogP contribution in [-0.4, -0.2) is 29.5 Å². The number of rotatable bonds is 5. The first kappa shape index (κ1) is 11.6. The third-order valence-corrected chi connectivity index (χ3v) is 3.23. The predicted octanol–water partition coefficient (Wildman–Crippen LogP) is 1.73. The molecule has 1 aromatic heterocycles. The lowest BCUT2D eigenvalue weighted by Gasteiger charge is -2.11. The smallest absolute Gasteiger partial charge is 0.0771 e. The van der Waals surface area contributed by atoms with Crippen molar-refractivity contribution in [3.05, 3.63) is 18.0 Å². The lowest BCUT2D eigenvalue weighted by atomic mass is 10.1. The minimum Gasteiger partial charge on any atom is -0.376 e. The number of nitrogens with one attached hydrogen (secondary N) is 1. The van der Waals surface area contributed by atoms with E-state index in [0.29, 0.717) is 12.1 Å². The van der Waals surface area contributed by atoms with Crippen LogP contribution in [0.4, 0.5) is 0 Å². The van der Waals surface area contributed by atoms with Gasteiger partial charge in [-0.25, -0.2) is 0 Å². The number of nitrogens with zero attached hydrogens (tertiary/aromatic N) is 2. The van der Waals surface area contributed by atoms with E-state index in [2.05, 4.69) is 23.5 Å². The lowest BCUT2D eigenvalue weighted by Crippen LogP contribution is -2.16. The van der Waals surface area contributed by atoms with Crippen LogP contribution in [0.5, 0.6) is 0 Å². The summed E-state index contributed by atoms with van der Waals surface area (Å²) in [5.74, 6) is 0. The Hall–Kier alpha value is -0.870. The molecule has 4 heteroatoms.